The van der Waals surface area contributed by atoms with Crippen LogP contribution in [0.2, 0.25) is 0 Å². The van der Waals surface area contributed by atoms with E-state index in [0.29, 0.717) is 17.7 Å². The Morgan fingerprint density at radius 2 is 1.46 bits per heavy atom. The Labute approximate surface area is 175 Å². The van der Waals surface area contributed by atoms with Gasteiger partial charge in [0.05, 0.1) is 5.56 Å². The summed E-state index contributed by atoms with van der Waals surface area (Å²) in [7, 11) is 0. The van der Waals surface area contributed by atoms with Crippen LogP contribution in [0.3, 0.4) is 0 Å². The Kier molecular flexibility index (Phi) is 8.10. The first-order valence-electron chi connectivity index (χ1n) is 9.78. The molecule has 0 aliphatic rings. The van der Waals surface area contributed by atoms with Crippen molar-refractivity contribution in [2.45, 2.75) is 39.3 Å². The Hall–Kier alpha value is -2.29. The van der Waals surface area contributed by atoms with Crippen LogP contribution < -0.4 is 17.7 Å². The van der Waals surface area contributed by atoms with Crippen LogP contribution in [0.15, 0.2) is 78.9 Å². The van der Waals surface area contributed by atoms with Gasteiger partial charge in [0.1, 0.15) is 17.8 Å². The van der Waals surface area contributed by atoms with Crippen molar-refractivity contribution in [1.82, 2.24) is 0 Å². The van der Waals surface area contributed by atoms with E-state index >= 15 is 0 Å². The molecule has 148 valence electrons. The van der Waals surface area contributed by atoms with E-state index in [0.717, 1.165) is 12.0 Å². The van der Waals surface area contributed by atoms with Crippen LogP contribution in [0, 0.1) is 12.8 Å². The quantitative estimate of drug-likeness (QED) is 0.630. The molecule has 0 radical (unpaired) electrons. The molecule has 0 spiro atoms. The van der Waals surface area contributed by atoms with E-state index in [9.17, 15) is 5.11 Å². The Morgan fingerprint density at radius 3 is 2.07 bits per heavy atom. The second-order valence-electron chi connectivity index (χ2n) is 7.73. The molecule has 3 aromatic carbocycles. The number of hydrogen-bond acceptors (Lipinski definition) is 1. The van der Waals surface area contributed by atoms with Crippen LogP contribution in [0.25, 0.3) is 0 Å². The highest BCUT2D eigenvalue weighted by Gasteiger charge is 2.27. The molecule has 28 heavy (non-hydrogen) atoms. The lowest BCUT2D eigenvalue weighted by Crippen LogP contribution is -3.00. The Balaban J connectivity index is 0.00000280. The second-order valence-corrected chi connectivity index (χ2v) is 7.73. The minimum Gasteiger partial charge on any atom is -1.00 e. The SMILES string of the molecule is Cc1ccc(O)c([C@@H](Cc2ccccc2)[NH2+][C@@H](c2ccccc2)C(C)C)c1.[Cl-]. The van der Waals surface area contributed by atoms with Crippen molar-refractivity contribution in [2.75, 3.05) is 0 Å². The zero-order valence-electron chi connectivity index (χ0n) is 16.8. The molecule has 0 aliphatic carbocycles. The van der Waals surface area contributed by atoms with E-state index in [-0.39, 0.29) is 18.4 Å². The van der Waals surface area contributed by atoms with Gasteiger partial charge in [0.2, 0.25) is 0 Å². The second kappa shape index (κ2) is 10.3. The average Bonchev–Trinajstić information content (AvgIpc) is 2.68. The maximum absolute atomic E-state index is 10.6. The van der Waals surface area contributed by atoms with Gasteiger partial charge in [0, 0.05) is 17.9 Å². The maximum Gasteiger partial charge on any atom is 0.124 e. The van der Waals surface area contributed by atoms with Crippen molar-refractivity contribution in [1.29, 1.82) is 0 Å². The lowest BCUT2D eigenvalue weighted by atomic mass is 9.91. The molecule has 2 nitrogen and oxygen atoms in total. The predicted octanol–water partition coefficient (Wildman–Crippen LogP) is 1.95. The standard InChI is InChI=1S/C25H29NO.ClH/c1-18(2)25(21-12-8-5-9-13-21)26-23(17-20-10-6-4-7-11-20)22-16-19(3)14-15-24(22)27;/h4-16,18,23,25-27H,17H2,1-3H3;1H/t23-,25-;/m1./s1. The van der Waals surface area contributed by atoms with Gasteiger partial charge in [0.15, 0.2) is 0 Å². The molecule has 0 amide bonds. The minimum atomic E-state index is 0. The van der Waals surface area contributed by atoms with Gasteiger partial charge in [-0.05, 0) is 24.6 Å². The summed E-state index contributed by atoms with van der Waals surface area (Å²) in [4.78, 5) is 0. The maximum atomic E-state index is 10.6. The molecular formula is C25H30ClNO. The Morgan fingerprint density at radius 1 is 0.857 bits per heavy atom. The molecule has 0 bridgehead atoms. The summed E-state index contributed by atoms with van der Waals surface area (Å²) in [5, 5.41) is 13.0. The van der Waals surface area contributed by atoms with Gasteiger partial charge < -0.3 is 22.8 Å². The van der Waals surface area contributed by atoms with Gasteiger partial charge in [-0.15, -0.1) is 0 Å². The molecule has 0 saturated heterocycles. The van der Waals surface area contributed by atoms with E-state index in [1.807, 2.05) is 18.2 Å². The van der Waals surface area contributed by atoms with Gasteiger partial charge in [-0.1, -0.05) is 86.1 Å². The van der Waals surface area contributed by atoms with Crippen molar-refractivity contribution in [2.24, 2.45) is 5.92 Å². The van der Waals surface area contributed by atoms with E-state index in [4.69, 9.17) is 0 Å². The topological polar surface area (TPSA) is 36.8 Å². The number of hydrogen-bond donors (Lipinski definition) is 2. The predicted molar refractivity (Wildman–Crippen MR) is 112 cm³/mol. The smallest absolute Gasteiger partial charge is 0.124 e. The fourth-order valence-corrected chi connectivity index (χ4v) is 3.76. The fourth-order valence-electron chi connectivity index (χ4n) is 3.76. The summed E-state index contributed by atoms with van der Waals surface area (Å²) >= 11 is 0. The number of phenols is 1. The monoisotopic (exact) mass is 395 g/mol. The number of benzene rings is 3. The molecule has 0 saturated carbocycles. The van der Waals surface area contributed by atoms with Gasteiger partial charge >= 0.3 is 0 Å². The zero-order chi connectivity index (χ0) is 19.2. The first kappa shape index (κ1) is 22.0. The normalized spacial score (nSPS) is 13.0. The highest BCUT2D eigenvalue weighted by Crippen LogP contribution is 2.28. The van der Waals surface area contributed by atoms with Gasteiger partial charge in [-0.2, -0.15) is 0 Å². The molecule has 0 heterocycles. The number of halogens is 1. The van der Waals surface area contributed by atoms with Crippen molar-refractivity contribution in [3.05, 3.63) is 101 Å². The molecular weight excluding hydrogens is 366 g/mol. The minimum absolute atomic E-state index is 0. The van der Waals surface area contributed by atoms with E-state index < -0.39 is 0 Å². The van der Waals surface area contributed by atoms with Crippen LogP contribution in [0.4, 0.5) is 0 Å². The molecule has 3 rings (SSSR count). The fraction of sp³-hybridized carbons (Fsp3) is 0.280. The van der Waals surface area contributed by atoms with E-state index in [1.165, 1.54) is 16.7 Å². The molecule has 0 aromatic heterocycles. The van der Waals surface area contributed by atoms with Crippen molar-refractivity contribution in [3.63, 3.8) is 0 Å². The van der Waals surface area contributed by atoms with Crippen LogP contribution in [0.5, 0.6) is 5.75 Å². The first-order chi connectivity index (χ1) is 13.0. The highest BCUT2D eigenvalue weighted by molar-refractivity contribution is 5.38. The molecule has 0 fully saturated rings. The number of nitrogens with two attached hydrogens (primary N) is 1. The van der Waals surface area contributed by atoms with Crippen LogP contribution in [-0.4, -0.2) is 5.11 Å². The summed E-state index contributed by atoms with van der Waals surface area (Å²) in [5.41, 5.74) is 4.81. The lowest BCUT2D eigenvalue weighted by Gasteiger charge is -2.26. The van der Waals surface area contributed by atoms with Crippen LogP contribution in [-0.2, 0) is 6.42 Å². The van der Waals surface area contributed by atoms with Crippen LogP contribution >= 0.6 is 0 Å². The third-order valence-corrected chi connectivity index (χ3v) is 5.22. The van der Waals surface area contributed by atoms with Gasteiger partial charge in [-0.3, -0.25) is 0 Å². The molecule has 2 atom stereocenters. The molecule has 3 N–H and O–H groups in total. The Bertz CT molecular complexity index is 849. The summed E-state index contributed by atoms with van der Waals surface area (Å²) in [5.74, 6) is 0.867. The number of aromatic hydroxyl groups is 1. The number of rotatable bonds is 7. The summed E-state index contributed by atoms with van der Waals surface area (Å²) in [6.45, 7) is 6.62. The first-order valence-corrected chi connectivity index (χ1v) is 9.78. The van der Waals surface area contributed by atoms with Crippen LogP contribution in [0.1, 0.15) is 48.2 Å². The third kappa shape index (κ3) is 5.60. The number of quaternary nitrogens is 1. The summed E-state index contributed by atoms with van der Waals surface area (Å²) in [6.07, 6.45) is 0.883. The van der Waals surface area contributed by atoms with Gasteiger partial charge in [0.25, 0.3) is 0 Å². The molecule has 3 heteroatoms. The highest BCUT2D eigenvalue weighted by atomic mass is 35.5. The lowest BCUT2D eigenvalue weighted by molar-refractivity contribution is -0.740. The average molecular weight is 396 g/mol. The number of aryl methyl sites for hydroxylation is 1. The zero-order valence-corrected chi connectivity index (χ0v) is 17.6. The molecule has 0 unspecified atom stereocenters. The van der Waals surface area contributed by atoms with Crippen molar-refractivity contribution in [3.8, 4) is 5.75 Å². The van der Waals surface area contributed by atoms with E-state index in [1.54, 1.807) is 0 Å². The van der Waals surface area contributed by atoms with Crippen molar-refractivity contribution >= 4 is 0 Å². The summed E-state index contributed by atoms with van der Waals surface area (Å²) < 4.78 is 0. The third-order valence-electron chi connectivity index (χ3n) is 5.22. The summed E-state index contributed by atoms with van der Waals surface area (Å²) in [6, 6.07) is 27.6. The molecule has 0 aliphatic heterocycles. The van der Waals surface area contributed by atoms with E-state index in [2.05, 4.69) is 86.8 Å². The van der Waals surface area contributed by atoms with Gasteiger partial charge in [-0.25, -0.2) is 0 Å². The number of phenolic OH excluding ortho intramolecular Hbond substituents is 1. The molecule has 3 aromatic rings. The largest absolute Gasteiger partial charge is 1.00 e. The van der Waals surface area contributed by atoms with Crippen molar-refractivity contribution < 1.29 is 22.8 Å².